The molecular formula is C11H14O3. The number of Topliss-reactive ketones (excluding diaryl/α,β-unsaturated/α-hetero) is 1. The number of ketones is 1. The average Bonchev–Trinajstić information content (AvgIpc) is 2.11. The quantitative estimate of drug-likeness (QED) is 0.793. The van der Waals surface area contributed by atoms with Crippen LogP contribution in [-0.4, -0.2) is 18.0 Å². The van der Waals surface area contributed by atoms with Gasteiger partial charge in [-0.2, -0.15) is 0 Å². The number of benzene rings is 1. The SMILES string of the molecule is COCc1cccc(CC(C)=O)c1O. The van der Waals surface area contributed by atoms with Gasteiger partial charge in [0.2, 0.25) is 0 Å². The minimum Gasteiger partial charge on any atom is -0.507 e. The van der Waals surface area contributed by atoms with E-state index >= 15 is 0 Å². The van der Waals surface area contributed by atoms with Gasteiger partial charge in [0.1, 0.15) is 11.5 Å². The van der Waals surface area contributed by atoms with Crippen LogP contribution in [0.4, 0.5) is 0 Å². The molecule has 3 nitrogen and oxygen atoms in total. The molecule has 0 bridgehead atoms. The first-order chi connectivity index (χ1) is 6.65. The fourth-order valence-corrected chi connectivity index (χ4v) is 1.33. The number of carbonyl (C=O) groups is 1. The Labute approximate surface area is 83.3 Å². The summed E-state index contributed by atoms with van der Waals surface area (Å²) < 4.78 is 4.92. The van der Waals surface area contributed by atoms with Crippen LogP contribution in [0.25, 0.3) is 0 Å². The van der Waals surface area contributed by atoms with E-state index in [0.29, 0.717) is 17.7 Å². The van der Waals surface area contributed by atoms with E-state index in [4.69, 9.17) is 4.74 Å². The van der Waals surface area contributed by atoms with Crippen LogP contribution >= 0.6 is 0 Å². The van der Waals surface area contributed by atoms with Crippen molar-refractivity contribution in [2.24, 2.45) is 0 Å². The molecule has 76 valence electrons. The lowest BCUT2D eigenvalue weighted by molar-refractivity contribution is -0.116. The zero-order chi connectivity index (χ0) is 10.6. The van der Waals surface area contributed by atoms with E-state index in [0.717, 1.165) is 0 Å². The number of methoxy groups -OCH3 is 1. The maximum Gasteiger partial charge on any atom is 0.134 e. The van der Waals surface area contributed by atoms with Crippen molar-refractivity contribution in [1.29, 1.82) is 0 Å². The Hall–Kier alpha value is -1.35. The highest BCUT2D eigenvalue weighted by Gasteiger charge is 2.07. The third-order valence-corrected chi connectivity index (χ3v) is 1.94. The highest BCUT2D eigenvalue weighted by atomic mass is 16.5. The Balaban J connectivity index is 2.94. The van der Waals surface area contributed by atoms with E-state index in [9.17, 15) is 9.90 Å². The molecular weight excluding hydrogens is 180 g/mol. The van der Waals surface area contributed by atoms with E-state index in [-0.39, 0.29) is 18.0 Å². The zero-order valence-electron chi connectivity index (χ0n) is 8.41. The largest absolute Gasteiger partial charge is 0.507 e. The van der Waals surface area contributed by atoms with Crippen LogP contribution in [0.1, 0.15) is 18.1 Å². The Morgan fingerprint density at radius 3 is 2.64 bits per heavy atom. The van der Waals surface area contributed by atoms with Crippen LogP contribution in [0.3, 0.4) is 0 Å². The van der Waals surface area contributed by atoms with Crippen LogP contribution in [-0.2, 0) is 22.6 Å². The molecule has 0 aromatic heterocycles. The molecule has 1 aromatic rings. The summed E-state index contributed by atoms with van der Waals surface area (Å²) in [5.74, 6) is 0.208. The Morgan fingerprint density at radius 2 is 2.07 bits per heavy atom. The van der Waals surface area contributed by atoms with Crippen LogP contribution in [0.5, 0.6) is 5.75 Å². The van der Waals surface area contributed by atoms with E-state index < -0.39 is 0 Å². The van der Waals surface area contributed by atoms with Gasteiger partial charge < -0.3 is 9.84 Å². The molecule has 0 aliphatic rings. The topological polar surface area (TPSA) is 46.5 Å². The van der Waals surface area contributed by atoms with Gasteiger partial charge in [0.25, 0.3) is 0 Å². The molecule has 0 atom stereocenters. The summed E-state index contributed by atoms with van der Waals surface area (Å²) >= 11 is 0. The molecule has 0 saturated heterocycles. The third-order valence-electron chi connectivity index (χ3n) is 1.94. The number of hydrogen-bond acceptors (Lipinski definition) is 3. The second-order valence-corrected chi connectivity index (χ2v) is 3.24. The highest BCUT2D eigenvalue weighted by molar-refractivity contribution is 5.79. The van der Waals surface area contributed by atoms with E-state index in [2.05, 4.69) is 0 Å². The summed E-state index contributed by atoms with van der Waals surface area (Å²) in [6.07, 6.45) is 0.267. The lowest BCUT2D eigenvalue weighted by Crippen LogP contribution is -1.98. The van der Waals surface area contributed by atoms with Crippen LogP contribution in [0.15, 0.2) is 18.2 Å². The Kier molecular flexibility index (Phi) is 3.65. The van der Waals surface area contributed by atoms with Crippen LogP contribution in [0.2, 0.25) is 0 Å². The number of aromatic hydroxyl groups is 1. The number of phenolic OH excluding ortho intramolecular Hbond substituents is 1. The summed E-state index contributed by atoms with van der Waals surface area (Å²) in [7, 11) is 1.57. The van der Waals surface area contributed by atoms with Crippen LogP contribution < -0.4 is 0 Å². The van der Waals surface area contributed by atoms with Crippen LogP contribution in [0, 0.1) is 0 Å². The molecule has 0 fully saturated rings. The lowest BCUT2D eigenvalue weighted by Gasteiger charge is -2.07. The van der Waals surface area contributed by atoms with Crippen molar-refractivity contribution in [2.45, 2.75) is 20.0 Å². The summed E-state index contributed by atoms with van der Waals surface area (Å²) in [5.41, 5.74) is 1.37. The minimum atomic E-state index is 0.0369. The first-order valence-corrected chi connectivity index (χ1v) is 4.43. The van der Waals surface area contributed by atoms with Gasteiger partial charge in [-0.05, 0) is 6.92 Å². The molecule has 0 heterocycles. The van der Waals surface area contributed by atoms with E-state index in [1.165, 1.54) is 6.92 Å². The van der Waals surface area contributed by atoms with Crippen molar-refractivity contribution >= 4 is 5.78 Å². The lowest BCUT2D eigenvalue weighted by atomic mass is 10.0. The zero-order valence-corrected chi connectivity index (χ0v) is 8.41. The smallest absolute Gasteiger partial charge is 0.134 e. The predicted octanol–water partition coefficient (Wildman–Crippen LogP) is 1.67. The van der Waals surface area contributed by atoms with Gasteiger partial charge in [-0.15, -0.1) is 0 Å². The Bertz CT molecular complexity index is 331. The van der Waals surface area contributed by atoms with Crippen molar-refractivity contribution in [3.05, 3.63) is 29.3 Å². The molecule has 0 aliphatic carbocycles. The average molecular weight is 194 g/mol. The standard InChI is InChI=1S/C11H14O3/c1-8(12)6-9-4-3-5-10(7-14-2)11(9)13/h3-5,13H,6-7H2,1-2H3. The monoisotopic (exact) mass is 194 g/mol. The Morgan fingerprint density at radius 1 is 1.43 bits per heavy atom. The second-order valence-electron chi connectivity index (χ2n) is 3.24. The molecule has 1 N–H and O–H groups in total. The number of ether oxygens (including phenoxy) is 1. The van der Waals surface area contributed by atoms with Gasteiger partial charge >= 0.3 is 0 Å². The molecule has 0 aliphatic heterocycles. The number of phenols is 1. The molecule has 0 saturated carbocycles. The fourth-order valence-electron chi connectivity index (χ4n) is 1.33. The third kappa shape index (κ3) is 2.57. The van der Waals surface area contributed by atoms with Crippen molar-refractivity contribution in [2.75, 3.05) is 7.11 Å². The minimum absolute atomic E-state index is 0.0369. The van der Waals surface area contributed by atoms with Gasteiger partial charge in [0.05, 0.1) is 6.61 Å². The summed E-state index contributed by atoms with van der Waals surface area (Å²) in [6, 6.07) is 5.34. The van der Waals surface area contributed by atoms with Gasteiger partial charge in [0, 0.05) is 24.7 Å². The van der Waals surface area contributed by atoms with E-state index in [1.54, 1.807) is 19.2 Å². The van der Waals surface area contributed by atoms with E-state index in [1.807, 2.05) is 6.07 Å². The van der Waals surface area contributed by atoms with Crippen molar-refractivity contribution in [1.82, 2.24) is 0 Å². The molecule has 1 aromatic carbocycles. The summed E-state index contributed by atoms with van der Waals surface area (Å²) in [4.78, 5) is 10.9. The predicted molar refractivity (Wildman–Crippen MR) is 53.2 cm³/mol. The van der Waals surface area contributed by atoms with Crippen molar-refractivity contribution in [3.8, 4) is 5.75 Å². The van der Waals surface area contributed by atoms with Gasteiger partial charge in [-0.1, -0.05) is 18.2 Å². The number of hydrogen-bond donors (Lipinski definition) is 1. The fraction of sp³-hybridized carbons (Fsp3) is 0.364. The second kappa shape index (κ2) is 4.77. The maximum atomic E-state index is 10.9. The summed E-state index contributed by atoms with van der Waals surface area (Å²) in [5, 5.41) is 9.74. The molecule has 0 amide bonds. The molecule has 0 radical (unpaired) electrons. The van der Waals surface area contributed by atoms with Crippen molar-refractivity contribution < 1.29 is 14.6 Å². The molecule has 0 unspecified atom stereocenters. The van der Waals surface area contributed by atoms with Crippen molar-refractivity contribution in [3.63, 3.8) is 0 Å². The summed E-state index contributed by atoms with van der Waals surface area (Å²) in [6.45, 7) is 1.86. The molecule has 0 spiro atoms. The highest BCUT2D eigenvalue weighted by Crippen LogP contribution is 2.23. The number of para-hydroxylation sites is 1. The maximum absolute atomic E-state index is 10.9. The van der Waals surface area contributed by atoms with Gasteiger partial charge in [0.15, 0.2) is 0 Å². The number of carbonyl (C=O) groups excluding carboxylic acids is 1. The van der Waals surface area contributed by atoms with Gasteiger partial charge in [-0.25, -0.2) is 0 Å². The first kappa shape index (κ1) is 10.7. The van der Waals surface area contributed by atoms with Gasteiger partial charge in [-0.3, -0.25) is 4.79 Å². The molecule has 14 heavy (non-hydrogen) atoms. The first-order valence-electron chi connectivity index (χ1n) is 4.43. The normalized spacial score (nSPS) is 10.1. The molecule has 1 rings (SSSR count). The number of rotatable bonds is 4. The molecule has 3 heteroatoms.